The molecule has 0 aliphatic rings. The van der Waals surface area contributed by atoms with Gasteiger partial charge < -0.3 is 25.4 Å². The summed E-state index contributed by atoms with van der Waals surface area (Å²) in [6, 6.07) is 8.18. The van der Waals surface area contributed by atoms with Gasteiger partial charge in [0, 0.05) is 25.5 Å². The number of amides is 2. The van der Waals surface area contributed by atoms with Crippen LogP contribution in [0.3, 0.4) is 0 Å². The molecule has 0 spiro atoms. The van der Waals surface area contributed by atoms with Gasteiger partial charge in [-0.3, -0.25) is 9.59 Å². The average Bonchev–Trinajstić information content (AvgIpc) is 2.78. The van der Waals surface area contributed by atoms with Gasteiger partial charge in [-0.1, -0.05) is 6.07 Å². The van der Waals surface area contributed by atoms with Crippen molar-refractivity contribution in [3.8, 4) is 11.5 Å². The number of ether oxygens (including phenoxy) is 2. The van der Waals surface area contributed by atoms with Crippen LogP contribution < -0.4 is 25.4 Å². The summed E-state index contributed by atoms with van der Waals surface area (Å²) in [6.45, 7) is 1.76. The molecule has 1 aromatic carbocycles. The summed E-state index contributed by atoms with van der Waals surface area (Å²) in [7, 11) is 4.43. The molecule has 0 aliphatic carbocycles. The van der Waals surface area contributed by atoms with Crippen LogP contribution in [0.2, 0.25) is 0 Å². The molecule has 2 heterocycles. The highest BCUT2D eigenvalue weighted by atomic mass is 16.5. The third kappa shape index (κ3) is 4.86. The zero-order chi connectivity index (χ0) is 22.4. The molecule has 0 fully saturated rings. The van der Waals surface area contributed by atoms with E-state index in [9.17, 15) is 9.59 Å². The molecule has 0 radical (unpaired) electrons. The van der Waals surface area contributed by atoms with Gasteiger partial charge in [-0.25, -0.2) is 15.0 Å². The zero-order valence-corrected chi connectivity index (χ0v) is 17.5. The Morgan fingerprint density at radius 1 is 0.968 bits per heavy atom. The maximum atomic E-state index is 13.0. The predicted molar refractivity (Wildman–Crippen MR) is 115 cm³/mol. The van der Waals surface area contributed by atoms with Crippen molar-refractivity contribution in [1.82, 2.24) is 20.3 Å². The molecule has 2 aromatic heterocycles. The van der Waals surface area contributed by atoms with Gasteiger partial charge >= 0.3 is 0 Å². The first kappa shape index (κ1) is 21.5. The Balaban J connectivity index is 1.96. The largest absolute Gasteiger partial charge is 0.493 e. The van der Waals surface area contributed by atoms with E-state index in [4.69, 9.17) is 9.47 Å². The predicted octanol–water partition coefficient (Wildman–Crippen LogP) is 2.55. The summed E-state index contributed by atoms with van der Waals surface area (Å²) in [5.74, 6) is 1.33. The number of aromatic nitrogens is 3. The molecule has 0 saturated carbocycles. The number of hydrogen-bond acceptors (Lipinski definition) is 8. The van der Waals surface area contributed by atoms with E-state index in [0.29, 0.717) is 23.2 Å². The number of carbonyl (C=O) groups is 2. The maximum absolute atomic E-state index is 13.0. The molecule has 0 aliphatic heterocycles. The number of hydrogen-bond donors (Lipinski definition) is 3. The second-order valence-corrected chi connectivity index (χ2v) is 6.30. The van der Waals surface area contributed by atoms with Crippen LogP contribution in [0.15, 0.2) is 42.7 Å². The fourth-order valence-electron chi connectivity index (χ4n) is 2.86. The Kier molecular flexibility index (Phi) is 6.61. The van der Waals surface area contributed by atoms with Gasteiger partial charge in [0.2, 0.25) is 0 Å². The normalized spacial score (nSPS) is 10.2. The number of carbonyl (C=O) groups excluding carboxylic acids is 2. The minimum atomic E-state index is -0.476. The number of anilines is 3. The summed E-state index contributed by atoms with van der Waals surface area (Å²) in [4.78, 5) is 37.9. The first-order valence-corrected chi connectivity index (χ1v) is 9.28. The number of nitrogens with one attached hydrogen (secondary N) is 3. The summed E-state index contributed by atoms with van der Waals surface area (Å²) < 4.78 is 10.6. The molecule has 3 N–H and O–H groups in total. The van der Waals surface area contributed by atoms with Crippen LogP contribution >= 0.6 is 0 Å². The van der Waals surface area contributed by atoms with Crippen molar-refractivity contribution < 1.29 is 19.1 Å². The molecule has 2 amide bonds. The van der Waals surface area contributed by atoms with Crippen LogP contribution in [-0.2, 0) is 0 Å². The van der Waals surface area contributed by atoms with E-state index in [1.807, 2.05) is 0 Å². The Morgan fingerprint density at radius 2 is 1.77 bits per heavy atom. The molecule has 160 valence electrons. The van der Waals surface area contributed by atoms with Crippen molar-refractivity contribution in [3.63, 3.8) is 0 Å². The van der Waals surface area contributed by atoms with Crippen LogP contribution in [0.25, 0.3) is 0 Å². The first-order valence-electron chi connectivity index (χ1n) is 9.28. The molecule has 0 saturated heterocycles. The number of rotatable bonds is 7. The van der Waals surface area contributed by atoms with Gasteiger partial charge in [0.25, 0.3) is 11.8 Å². The van der Waals surface area contributed by atoms with E-state index < -0.39 is 11.8 Å². The number of benzene rings is 1. The lowest BCUT2D eigenvalue weighted by molar-refractivity contribution is 0.0963. The number of nitrogens with zero attached hydrogens (tertiary/aromatic N) is 3. The van der Waals surface area contributed by atoms with Crippen LogP contribution in [-0.4, -0.2) is 48.0 Å². The van der Waals surface area contributed by atoms with E-state index in [0.717, 1.165) is 0 Å². The van der Waals surface area contributed by atoms with Crippen LogP contribution in [0.5, 0.6) is 11.5 Å². The molecule has 0 bridgehead atoms. The first-order chi connectivity index (χ1) is 15.0. The fourth-order valence-corrected chi connectivity index (χ4v) is 2.86. The number of methoxy groups -OCH3 is 2. The molecule has 3 aromatic rings. The van der Waals surface area contributed by atoms with Crippen molar-refractivity contribution in [1.29, 1.82) is 0 Å². The quantitative estimate of drug-likeness (QED) is 0.530. The Morgan fingerprint density at radius 3 is 2.45 bits per heavy atom. The van der Waals surface area contributed by atoms with Gasteiger partial charge in [0.15, 0.2) is 11.5 Å². The smallest absolute Gasteiger partial charge is 0.259 e. The highest BCUT2D eigenvalue weighted by Crippen LogP contribution is 2.31. The van der Waals surface area contributed by atoms with E-state index in [1.165, 1.54) is 27.5 Å². The highest BCUT2D eigenvalue weighted by Gasteiger charge is 2.20. The maximum Gasteiger partial charge on any atom is 0.259 e. The number of pyridine rings is 1. The van der Waals surface area contributed by atoms with E-state index in [-0.39, 0.29) is 22.6 Å². The van der Waals surface area contributed by atoms with Gasteiger partial charge in [-0.2, -0.15) is 0 Å². The second-order valence-electron chi connectivity index (χ2n) is 6.30. The monoisotopic (exact) mass is 422 g/mol. The molecule has 0 unspecified atom stereocenters. The second kappa shape index (κ2) is 9.53. The Bertz CT molecular complexity index is 1120. The van der Waals surface area contributed by atoms with Crippen LogP contribution in [0, 0.1) is 6.92 Å². The molecule has 10 nitrogen and oxygen atoms in total. The minimum Gasteiger partial charge on any atom is -0.493 e. The van der Waals surface area contributed by atoms with Crippen LogP contribution in [0.4, 0.5) is 17.3 Å². The lowest BCUT2D eigenvalue weighted by Crippen LogP contribution is -2.22. The van der Waals surface area contributed by atoms with E-state index >= 15 is 0 Å². The van der Waals surface area contributed by atoms with E-state index in [1.54, 1.807) is 43.5 Å². The SMILES string of the molecule is CNC(=O)c1cnc(Nc2ccnc(C)n2)cc1NC(=O)c1cccc(OC)c1OC. The lowest BCUT2D eigenvalue weighted by atomic mass is 10.1. The molecular weight excluding hydrogens is 400 g/mol. The van der Waals surface area contributed by atoms with E-state index in [2.05, 4.69) is 30.9 Å². The van der Waals surface area contributed by atoms with Crippen molar-refractivity contribution in [2.45, 2.75) is 6.92 Å². The van der Waals surface area contributed by atoms with Crippen molar-refractivity contribution in [2.24, 2.45) is 0 Å². The highest BCUT2D eigenvalue weighted by molar-refractivity contribution is 6.10. The van der Waals surface area contributed by atoms with Crippen molar-refractivity contribution in [2.75, 3.05) is 31.9 Å². The fraction of sp³-hybridized carbons (Fsp3) is 0.190. The third-order valence-corrected chi connectivity index (χ3v) is 4.30. The summed E-state index contributed by atoms with van der Waals surface area (Å²) in [5, 5.41) is 8.33. The molecule has 10 heteroatoms. The van der Waals surface area contributed by atoms with Gasteiger partial charge in [-0.05, 0) is 25.1 Å². The van der Waals surface area contributed by atoms with Gasteiger partial charge in [0.05, 0.1) is 31.0 Å². The van der Waals surface area contributed by atoms with Gasteiger partial charge in [-0.15, -0.1) is 0 Å². The minimum absolute atomic E-state index is 0.196. The summed E-state index contributed by atoms with van der Waals surface area (Å²) in [5.41, 5.74) is 0.710. The van der Waals surface area contributed by atoms with Crippen LogP contribution in [0.1, 0.15) is 26.5 Å². The number of para-hydroxylation sites is 1. The molecule has 0 atom stereocenters. The number of aryl methyl sites for hydroxylation is 1. The summed E-state index contributed by atoms with van der Waals surface area (Å²) >= 11 is 0. The zero-order valence-electron chi connectivity index (χ0n) is 17.5. The van der Waals surface area contributed by atoms with Crippen molar-refractivity contribution >= 4 is 29.1 Å². The Hall–Kier alpha value is -4.21. The molecular formula is C21H22N6O4. The summed E-state index contributed by atoms with van der Waals surface area (Å²) in [6.07, 6.45) is 2.98. The van der Waals surface area contributed by atoms with Crippen molar-refractivity contribution in [3.05, 3.63) is 59.7 Å². The average molecular weight is 422 g/mol. The lowest BCUT2D eigenvalue weighted by Gasteiger charge is -2.15. The standard InChI is InChI=1S/C21H22N6O4/c1-12-23-9-8-17(25-12)27-18-10-15(14(11-24-18)20(28)22-2)26-21(29)13-6-5-7-16(30-3)19(13)31-4/h5-11H,1-4H3,(H,22,28)(H2,23,24,25,26,27,29). The third-order valence-electron chi connectivity index (χ3n) is 4.30. The topological polar surface area (TPSA) is 127 Å². The molecule has 31 heavy (non-hydrogen) atoms. The van der Waals surface area contributed by atoms with Gasteiger partial charge in [0.1, 0.15) is 17.5 Å². The molecule has 3 rings (SSSR count). The Labute approximate surface area is 179 Å².